The maximum Gasteiger partial charge on any atom is 0.191 e. The second kappa shape index (κ2) is 16.0. The number of aliphatic imine (C=N–C) groups is 1. The molecule has 0 aliphatic carbocycles. The molecule has 0 aliphatic heterocycles. The van der Waals surface area contributed by atoms with Gasteiger partial charge in [0.2, 0.25) is 0 Å². The average Bonchev–Trinajstić information content (AvgIpc) is 3.04. The Morgan fingerprint density at radius 3 is 2.74 bits per heavy atom. The van der Waals surface area contributed by atoms with Crippen molar-refractivity contribution in [2.24, 2.45) is 4.99 Å². The molecule has 23 heavy (non-hydrogen) atoms. The van der Waals surface area contributed by atoms with Crippen molar-refractivity contribution < 1.29 is 9.47 Å². The molecule has 0 aliphatic rings. The van der Waals surface area contributed by atoms with Crippen LogP contribution < -0.4 is 10.6 Å². The summed E-state index contributed by atoms with van der Waals surface area (Å²) in [5.41, 5.74) is 0. The summed E-state index contributed by atoms with van der Waals surface area (Å²) < 4.78 is 12.4. The van der Waals surface area contributed by atoms with Gasteiger partial charge in [-0.3, -0.25) is 4.99 Å². The Balaban J connectivity index is 0.00000484. The van der Waals surface area contributed by atoms with Crippen LogP contribution in [-0.2, 0) is 16.0 Å². The van der Waals surface area contributed by atoms with Crippen molar-refractivity contribution >= 4 is 29.9 Å². The minimum absolute atomic E-state index is 0. The Hall–Kier alpha value is -0.870. The number of aromatic nitrogens is 2. The van der Waals surface area contributed by atoms with Crippen LogP contribution >= 0.6 is 24.0 Å². The fourth-order valence-corrected chi connectivity index (χ4v) is 1.82. The highest BCUT2D eigenvalue weighted by Gasteiger charge is 1.98. The molecule has 0 saturated carbocycles. The van der Waals surface area contributed by atoms with Crippen LogP contribution in [0, 0.1) is 0 Å². The summed E-state index contributed by atoms with van der Waals surface area (Å²) in [7, 11) is 1.71. The summed E-state index contributed by atoms with van der Waals surface area (Å²) >= 11 is 0. The lowest BCUT2D eigenvalue weighted by Crippen LogP contribution is -2.39. The summed E-state index contributed by atoms with van der Waals surface area (Å²) in [6.45, 7) is 7.54. The van der Waals surface area contributed by atoms with Gasteiger partial charge in [-0.25, -0.2) is 4.98 Å². The number of hydrogen-bond acceptors (Lipinski definition) is 4. The number of rotatable bonds is 12. The molecule has 0 spiro atoms. The van der Waals surface area contributed by atoms with Crippen molar-refractivity contribution in [1.29, 1.82) is 0 Å². The largest absolute Gasteiger partial charge is 0.385 e. The topological polar surface area (TPSA) is 72.7 Å². The molecular weight excluding hydrogens is 409 g/mol. The van der Waals surface area contributed by atoms with E-state index in [9.17, 15) is 0 Å². The number of ether oxygens (including phenoxy) is 2. The van der Waals surface area contributed by atoms with E-state index < -0.39 is 0 Å². The molecule has 134 valence electrons. The van der Waals surface area contributed by atoms with Crippen LogP contribution in [0.5, 0.6) is 0 Å². The third-order valence-electron chi connectivity index (χ3n) is 2.96. The van der Waals surface area contributed by atoms with Crippen LogP contribution in [0.3, 0.4) is 0 Å². The third kappa shape index (κ3) is 12.2. The van der Waals surface area contributed by atoms with Crippen LogP contribution in [0.25, 0.3) is 0 Å². The normalized spacial score (nSPS) is 11.1. The van der Waals surface area contributed by atoms with Crippen LogP contribution in [0.2, 0.25) is 0 Å². The highest BCUT2D eigenvalue weighted by atomic mass is 127. The lowest BCUT2D eigenvalue weighted by molar-refractivity contribution is 0.145. The zero-order valence-corrected chi connectivity index (χ0v) is 16.5. The SMILES string of the molecule is CCOCCCNC(=NCCCOC)NCCn1ccnc1.I. The van der Waals surface area contributed by atoms with Gasteiger partial charge in [0.1, 0.15) is 0 Å². The van der Waals surface area contributed by atoms with E-state index in [1.165, 1.54) is 0 Å². The number of imidazole rings is 1. The minimum Gasteiger partial charge on any atom is -0.385 e. The fourth-order valence-electron chi connectivity index (χ4n) is 1.82. The van der Waals surface area contributed by atoms with E-state index in [1.54, 1.807) is 13.3 Å². The average molecular weight is 439 g/mol. The molecule has 2 N–H and O–H groups in total. The first-order chi connectivity index (χ1) is 10.9. The quantitative estimate of drug-likeness (QED) is 0.224. The molecule has 1 aromatic heterocycles. The Bertz CT molecular complexity index is 387. The van der Waals surface area contributed by atoms with E-state index in [4.69, 9.17) is 9.47 Å². The number of guanidine groups is 1. The van der Waals surface area contributed by atoms with Gasteiger partial charge < -0.3 is 24.7 Å². The molecule has 1 heterocycles. The van der Waals surface area contributed by atoms with Gasteiger partial charge in [0.25, 0.3) is 0 Å². The highest BCUT2D eigenvalue weighted by molar-refractivity contribution is 14.0. The van der Waals surface area contributed by atoms with Gasteiger partial charge in [-0.1, -0.05) is 0 Å². The third-order valence-corrected chi connectivity index (χ3v) is 2.96. The molecule has 0 aromatic carbocycles. The molecule has 0 unspecified atom stereocenters. The van der Waals surface area contributed by atoms with E-state index >= 15 is 0 Å². The minimum atomic E-state index is 0. The Morgan fingerprint density at radius 2 is 2.04 bits per heavy atom. The van der Waals surface area contributed by atoms with Crippen molar-refractivity contribution in [3.63, 3.8) is 0 Å². The molecule has 0 amide bonds. The second-order valence-corrected chi connectivity index (χ2v) is 4.78. The zero-order valence-electron chi connectivity index (χ0n) is 14.2. The van der Waals surface area contributed by atoms with E-state index in [-0.39, 0.29) is 24.0 Å². The van der Waals surface area contributed by atoms with Gasteiger partial charge in [0, 0.05) is 65.5 Å². The molecule has 1 rings (SSSR count). The van der Waals surface area contributed by atoms with E-state index in [0.29, 0.717) is 0 Å². The standard InChI is InChI=1S/C15H29N5O2.HI/c1-3-22-13-5-7-18-15(17-6-4-12-21-2)19-9-11-20-10-8-16-14-20;/h8,10,14H,3-7,9,11-13H2,1-2H3,(H2,17,18,19);1H. The molecule has 0 bridgehead atoms. The summed E-state index contributed by atoms with van der Waals surface area (Å²) in [5, 5.41) is 6.66. The number of hydrogen-bond donors (Lipinski definition) is 2. The fraction of sp³-hybridized carbons (Fsp3) is 0.733. The Labute approximate surface area is 156 Å². The lowest BCUT2D eigenvalue weighted by atomic mass is 10.4. The second-order valence-electron chi connectivity index (χ2n) is 4.78. The monoisotopic (exact) mass is 439 g/mol. The van der Waals surface area contributed by atoms with Gasteiger partial charge in [-0.2, -0.15) is 0 Å². The van der Waals surface area contributed by atoms with Crippen molar-refractivity contribution in [1.82, 2.24) is 20.2 Å². The molecule has 0 saturated heterocycles. The van der Waals surface area contributed by atoms with E-state index in [0.717, 1.165) is 64.8 Å². The number of halogens is 1. The molecule has 0 fully saturated rings. The lowest BCUT2D eigenvalue weighted by Gasteiger charge is -2.13. The molecule has 0 atom stereocenters. The summed E-state index contributed by atoms with van der Waals surface area (Å²) in [6.07, 6.45) is 7.43. The maximum absolute atomic E-state index is 5.33. The van der Waals surface area contributed by atoms with Gasteiger partial charge in [0.05, 0.1) is 6.33 Å². The highest BCUT2D eigenvalue weighted by Crippen LogP contribution is 1.87. The molecule has 1 aromatic rings. The summed E-state index contributed by atoms with van der Waals surface area (Å²) in [5.74, 6) is 0.840. The van der Waals surface area contributed by atoms with Crippen molar-refractivity contribution in [3.05, 3.63) is 18.7 Å². The molecule has 7 nitrogen and oxygen atoms in total. The summed E-state index contributed by atoms with van der Waals surface area (Å²) in [6, 6.07) is 0. The zero-order chi connectivity index (χ0) is 15.9. The van der Waals surface area contributed by atoms with E-state index in [1.807, 2.05) is 24.0 Å². The smallest absolute Gasteiger partial charge is 0.191 e. The van der Waals surface area contributed by atoms with Crippen molar-refractivity contribution in [2.75, 3.05) is 46.6 Å². The number of methoxy groups -OCH3 is 1. The number of nitrogens with one attached hydrogen (secondary N) is 2. The van der Waals surface area contributed by atoms with Crippen LogP contribution in [0.1, 0.15) is 19.8 Å². The first-order valence-corrected chi connectivity index (χ1v) is 7.91. The Morgan fingerprint density at radius 1 is 1.22 bits per heavy atom. The van der Waals surface area contributed by atoms with Crippen LogP contribution in [-0.4, -0.2) is 62.1 Å². The van der Waals surface area contributed by atoms with Crippen LogP contribution in [0.4, 0.5) is 0 Å². The predicted octanol–water partition coefficient (Wildman–Crippen LogP) is 1.50. The summed E-state index contributed by atoms with van der Waals surface area (Å²) in [4.78, 5) is 8.58. The molecular formula is C15H30IN5O2. The predicted molar refractivity (Wildman–Crippen MR) is 104 cm³/mol. The van der Waals surface area contributed by atoms with Gasteiger partial charge in [-0.05, 0) is 19.8 Å². The maximum atomic E-state index is 5.33. The molecule has 0 radical (unpaired) electrons. The first-order valence-electron chi connectivity index (χ1n) is 7.91. The van der Waals surface area contributed by atoms with E-state index in [2.05, 4.69) is 20.6 Å². The van der Waals surface area contributed by atoms with Gasteiger partial charge in [-0.15, -0.1) is 24.0 Å². The van der Waals surface area contributed by atoms with Crippen LogP contribution in [0.15, 0.2) is 23.7 Å². The van der Waals surface area contributed by atoms with Gasteiger partial charge >= 0.3 is 0 Å². The molecule has 8 heteroatoms. The van der Waals surface area contributed by atoms with Crippen molar-refractivity contribution in [2.45, 2.75) is 26.3 Å². The Kier molecular flexibility index (Phi) is 15.4. The van der Waals surface area contributed by atoms with Gasteiger partial charge in [0.15, 0.2) is 5.96 Å². The van der Waals surface area contributed by atoms with Crippen molar-refractivity contribution in [3.8, 4) is 0 Å². The first kappa shape index (κ1) is 22.1. The number of nitrogens with zero attached hydrogens (tertiary/aromatic N) is 3.